The molecule has 6 rings (SSSR count). The standard InChI is InChI=1S/C54H69N11O10S2.C2H4O2/c1-29(2)45-54(75)63-44(53(74)65-46(30(3)66)47(57)68)28-77-76-27-43(62-48(69)38(56)23-32-15-18-33-10-4-5-11-34(33)22-32)52(73)60-41(24-31-16-19-36(67)20-17-31)50(71)61-42(25-35-26-58-39-13-7-6-12-37(35)39)51(72)59-40(49(70)64-45)14-8-9-21-55;1-2(3)4/h4-7,10-13,15-20,22,26,29-30,38,40-46,58,66-67H,8-9,14,21,23-25,27-28,55-56H2,1-3H3,(H2,57,68)(H,59,72)(H,60,73)(H,61,71)(H,62,69)(H,63,75)(H,64,70)(H,65,74);1H3,(H,3,4)/t30?,38-,40+,41+,42-,43+,44+,45+,46+;/m1./s1. The van der Waals surface area contributed by atoms with E-state index in [2.05, 4.69) is 42.2 Å². The number of hydrogen-bond acceptors (Lipinski definition) is 15. The quantitative estimate of drug-likeness (QED) is 0.0455. The Morgan fingerprint density at radius 3 is 1.96 bits per heavy atom. The van der Waals surface area contributed by atoms with Crippen LogP contribution in [0.4, 0.5) is 0 Å². The van der Waals surface area contributed by atoms with Crippen LogP contribution in [-0.2, 0) is 62.4 Å². The number of H-pyrrole nitrogens is 1. The normalized spacial score (nSPS) is 20.9. The van der Waals surface area contributed by atoms with E-state index in [1.807, 2.05) is 66.7 Å². The van der Waals surface area contributed by atoms with Gasteiger partial charge in [-0.25, -0.2) is 0 Å². The smallest absolute Gasteiger partial charge is 0.300 e. The lowest BCUT2D eigenvalue weighted by atomic mass is 10.00. The average Bonchev–Trinajstić information content (AvgIpc) is 3.88. The molecule has 81 heavy (non-hydrogen) atoms. The number of aliphatic carboxylic acids is 1. The predicted molar refractivity (Wildman–Crippen MR) is 310 cm³/mol. The number of nitrogens with one attached hydrogen (secondary N) is 8. The van der Waals surface area contributed by atoms with E-state index >= 15 is 0 Å². The summed E-state index contributed by atoms with van der Waals surface area (Å²) in [6.07, 6.45) is 1.05. The lowest BCUT2D eigenvalue weighted by molar-refractivity contribution is -0.136. The van der Waals surface area contributed by atoms with Crippen molar-refractivity contribution in [1.29, 1.82) is 0 Å². The van der Waals surface area contributed by atoms with Gasteiger partial charge in [-0.15, -0.1) is 0 Å². The number of aromatic hydroxyl groups is 1. The van der Waals surface area contributed by atoms with Gasteiger partial charge in [0.25, 0.3) is 5.97 Å². The maximum absolute atomic E-state index is 14.9. The molecule has 1 aliphatic heterocycles. The van der Waals surface area contributed by atoms with Gasteiger partial charge in [-0.1, -0.05) is 108 Å². The minimum Gasteiger partial charge on any atom is -0.508 e. The van der Waals surface area contributed by atoms with Gasteiger partial charge in [-0.05, 0) is 90.7 Å². The zero-order chi connectivity index (χ0) is 59.3. The minimum absolute atomic E-state index is 0.0501. The van der Waals surface area contributed by atoms with Crippen molar-refractivity contribution < 1.29 is 58.5 Å². The zero-order valence-electron chi connectivity index (χ0n) is 45.4. The van der Waals surface area contributed by atoms with E-state index < -0.39 is 114 Å². The molecular weight excluding hydrogens is 1080 g/mol. The van der Waals surface area contributed by atoms with Crippen molar-refractivity contribution >= 4 is 96.5 Å². The molecule has 23 nitrogen and oxygen atoms in total. The number of carbonyl (C=O) groups excluding carboxylic acids is 8. The highest BCUT2D eigenvalue weighted by Gasteiger charge is 2.36. The summed E-state index contributed by atoms with van der Waals surface area (Å²) in [5.41, 5.74) is 20.5. The Bertz CT molecular complexity index is 2990. The number of hydrogen-bond donors (Lipinski definition) is 14. The van der Waals surface area contributed by atoms with Gasteiger partial charge in [0.05, 0.1) is 12.1 Å². The zero-order valence-corrected chi connectivity index (χ0v) is 47.1. The van der Waals surface area contributed by atoms with Crippen molar-refractivity contribution in [3.8, 4) is 5.75 Å². The van der Waals surface area contributed by atoms with Gasteiger partial charge in [0, 0.05) is 48.4 Å². The van der Waals surface area contributed by atoms with E-state index in [4.69, 9.17) is 27.1 Å². The summed E-state index contributed by atoms with van der Waals surface area (Å²) in [4.78, 5) is 125. The molecule has 0 radical (unpaired) electrons. The first-order valence-electron chi connectivity index (χ1n) is 26.3. The van der Waals surface area contributed by atoms with Crippen LogP contribution in [0.15, 0.2) is 97.2 Å². The van der Waals surface area contributed by atoms with Gasteiger partial charge in [-0.3, -0.25) is 43.2 Å². The highest BCUT2D eigenvalue weighted by Crippen LogP contribution is 2.25. The molecule has 1 saturated heterocycles. The number of aliphatic hydroxyl groups is 1. The van der Waals surface area contributed by atoms with E-state index in [9.17, 15) is 48.6 Å². The molecular formula is C56H73N11O12S2. The van der Waals surface area contributed by atoms with Crippen molar-refractivity contribution in [3.05, 3.63) is 114 Å². The van der Waals surface area contributed by atoms with E-state index in [0.717, 1.165) is 55.8 Å². The Hall–Kier alpha value is -7.71. The molecule has 1 aromatic heterocycles. The Morgan fingerprint density at radius 2 is 1.31 bits per heavy atom. The third-order valence-corrected chi connectivity index (χ3v) is 15.5. The van der Waals surface area contributed by atoms with Crippen molar-refractivity contribution in [2.45, 2.75) is 121 Å². The summed E-state index contributed by atoms with van der Waals surface area (Å²) in [6, 6.07) is 15.8. The third kappa shape index (κ3) is 19.8. The molecule has 1 unspecified atom stereocenters. The maximum atomic E-state index is 14.9. The second-order valence-electron chi connectivity index (χ2n) is 20.0. The highest BCUT2D eigenvalue weighted by atomic mass is 33.1. The fourth-order valence-corrected chi connectivity index (χ4v) is 11.0. The number of rotatable bonds is 17. The first-order chi connectivity index (χ1) is 38.5. The number of carbonyl (C=O) groups is 9. The number of carboxylic acid groups (broad SMARTS) is 1. The SMILES string of the molecule is CC(=O)O.CC(C)[C@@H]1NC(=O)[C@H](CCCCN)NC(=O)[C@@H](Cc2c[nH]c3ccccc23)NC(=O)[C@H](Cc2ccc(O)cc2)NC(=O)[C@@H](NC(=O)[C@H](N)Cc2ccc3ccccc3c2)CSSC[C@@H](C(=O)N[C@H](C(N)=O)C(C)O)NC1=O. The van der Waals surface area contributed by atoms with Crippen LogP contribution in [0, 0.1) is 5.92 Å². The summed E-state index contributed by atoms with van der Waals surface area (Å²) in [5.74, 6) is -8.50. The van der Waals surface area contributed by atoms with Gasteiger partial charge in [0.15, 0.2) is 0 Å². The number of benzene rings is 4. The van der Waals surface area contributed by atoms with Crippen LogP contribution in [0.3, 0.4) is 0 Å². The van der Waals surface area contributed by atoms with E-state index in [-0.39, 0.29) is 49.5 Å². The van der Waals surface area contributed by atoms with Crippen molar-refractivity contribution in [3.63, 3.8) is 0 Å². The number of aromatic nitrogens is 1. The van der Waals surface area contributed by atoms with Crippen LogP contribution in [0.25, 0.3) is 21.7 Å². The molecule has 0 spiro atoms. The molecule has 0 bridgehead atoms. The third-order valence-electron chi connectivity index (χ3n) is 13.1. The molecule has 5 aromatic rings. The van der Waals surface area contributed by atoms with E-state index in [1.165, 1.54) is 19.1 Å². The summed E-state index contributed by atoms with van der Waals surface area (Å²) in [6.45, 7) is 5.93. The molecule has 25 heteroatoms. The van der Waals surface area contributed by atoms with Crippen LogP contribution in [0.1, 0.15) is 63.6 Å². The molecule has 1 fully saturated rings. The number of nitrogens with two attached hydrogens (primary N) is 3. The molecule has 9 atom stereocenters. The van der Waals surface area contributed by atoms with Crippen LogP contribution in [-0.4, -0.2) is 146 Å². The van der Waals surface area contributed by atoms with Gasteiger partial charge in [0.2, 0.25) is 47.3 Å². The van der Waals surface area contributed by atoms with Crippen LogP contribution in [0.2, 0.25) is 0 Å². The molecule has 8 amide bonds. The fraction of sp³-hybridized carbons (Fsp3) is 0.411. The predicted octanol–water partition coefficient (Wildman–Crippen LogP) is 0.913. The van der Waals surface area contributed by atoms with Crippen molar-refractivity contribution in [2.75, 3.05) is 18.1 Å². The molecule has 4 aromatic carbocycles. The van der Waals surface area contributed by atoms with Gasteiger partial charge < -0.3 is 74.7 Å². The first kappa shape index (κ1) is 64.1. The largest absolute Gasteiger partial charge is 0.508 e. The number of carboxylic acids is 1. The van der Waals surface area contributed by atoms with Crippen LogP contribution in [0.5, 0.6) is 5.75 Å². The second-order valence-corrected chi connectivity index (χ2v) is 22.5. The number of aromatic amines is 1. The van der Waals surface area contributed by atoms with Gasteiger partial charge in [0.1, 0.15) is 48.0 Å². The second kappa shape index (κ2) is 31.3. The van der Waals surface area contributed by atoms with E-state index in [0.29, 0.717) is 24.0 Å². The molecule has 17 N–H and O–H groups in total. The average molecular weight is 1160 g/mol. The molecule has 436 valence electrons. The Labute approximate surface area is 476 Å². The number of phenols is 1. The highest BCUT2D eigenvalue weighted by molar-refractivity contribution is 8.76. The first-order valence-corrected chi connectivity index (χ1v) is 28.8. The number of amides is 8. The molecule has 0 aliphatic carbocycles. The van der Waals surface area contributed by atoms with Crippen molar-refractivity contribution in [1.82, 2.24) is 42.2 Å². The van der Waals surface area contributed by atoms with Crippen LogP contribution < -0.4 is 54.4 Å². The molecule has 1 aliphatic rings. The number of para-hydroxylation sites is 1. The monoisotopic (exact) mass is 1160 g/mol. The lowest BCUT2D eigenvalue weighted by Gasteiger charge is -2.29. The summed E-state index contributed by atoms with van der Waals surface area (Å²) < 4.78 is 0. The number of primary amides is 1. The number of unbranched alkanes of at least 4 members (excludes halogenated alkanes) is 1. The topological polar surface area (TPSA) is 392 Å². The maximum Gasteiger partial charge on any atom is 0.300 e. The summed E-state index contributed by atoms with van der Waals surface area (Å²) in [5, 5.41) is 49.5. The lowest BCUT2D eigenvalue weighted by Crippen LogP contribution is -2.62. The van der Waals surface area contributed by atoms with E-state index in [1.54, 1.807) is 32.2 Å². The van der Waals surface area contributed by atoms with Gasteiger partial charge >= 0.3 is 0 Å². The summed E-state index contributed by atoms with van der Waals surface area (Å²) >= 11 is 0. The minimum atomic E-state index is -1.55. The fourth-order valence-electron chi connectivity index (χ4n) is 8.71. The number of fused-ring (bicyclic) bond motifs is 2. The Balaban J connectivity index is 0.00000291. The Kier molecular flexibility index (Phi) is 24.8. The molecule has 2 heterocycles. The van der Waals surface area contributed by atoms with Crippen LogP contribution >= 0.6 is 21.6 Å². The van der Waals surface area contributed by atoms with Gasteiger partial charge in [-0.2, -0.15) is 0 Å². The number of aliphatic hydroxyl groups excluding tert-OH is 1. The summed E-state index contributed by atoms with van der Waals surface area (Å²) in [7, 11) is 2.03. The Morgan fingerprint density at radius 1 is 0.716 bits per heavy atom. The number of phenolic OH excluding ortho intramolecular Hbond substituents is 1. The molecule has 0 saturated carbocycles. The van der Waals surface area contributed by atoms with Crippen molar-refractivity contribution in [2.24, 2.45) is 23.1 Å².